The van der Waals surface area contributed by atoms with Crippen LogP contribution >= 0.6 is 15.9 Å². The number of hydrogen-bond acceptors (Lipinski definition) is 3. The van der Waals surface area contributed by atoms with E-state index in [0.717, 1.165) is 6.42 Å². The van der Waals surface area contributed by atoms with Gasteiger partial charge in [0.2, 0.25) is 0 Å². The van der Waals surface area contributed by atoms with Crippen molar-refractivity contribution in [2.45, 2.75) is 19.9 Å². The first-order valence-corrected chi connectivity index (χ1v) is 5.43. The Hall–Kier alpha value is -1.28. The van der Waals surface area contributed by atoms with E-state index < -0.39 is 0 Å². The van der Waals surface area contributed by atoms with E-state index in [1.54, 1.807) is 6.20 Å². The second-order valence-corrected chi connectivity index (χ2v) is 3.75. The summed E-state index contributed by atoms with van der Waals surface area (Å²) in [5.41, 5.74) is 0.490. The van der Waals surface area contributed by atoms with Gasteiger partial charge >= 0.3 is 0 Å². The summed E-state index contributed by atoms with van der Waals surface area (Å²) in [6.45, 7) is 2.98. The summed E-state index contributed by atoms with van der Waals surface area (Å²) in [5.74, 6) is 2.43. The maximum Gasteiger partial charge on any atom is 0.283 e. The molecule has 0 saturated heterocycles. The Kier molecular flexibility index (Phi) is 4.37. The van der Waals surface area contributed by atoms with Crippen molar-refractivity contribution in [3.8, 4) is 12.3 Å². The van der Waals surface area contributed by atoms with E-state index in [9.17, 15) is 4.79 Å². The molecule has 1 heterocycles. The maximum atomic E-state index is 11.7. The quantitative estimate of drug-likeness (QED) is 0.842. The molecule has 0 spiro atoms. The summed E-state index contributed by atoms with van der Waals surface area (Å²) >= 11 is 3.23. The zero-order valence-corrected chi connectivity index (χ0v) is 10.0. The molecule has 0 aliphatic carbocycles. The summed E-state index contributed by atoms with van der Waals surface area (Å²) in [5, 5.41) is 6.94. The third-order valence-electron chi connectivity index (χ3n) is 1.80. The minimum absolute atomic E-state index is 0.140. The van der Waals surface area contributed by atoms with Crippen LogP contribution in [0.2, 0.25) is 0 Å². The minimum Gasteiger partial charge on any atom is -0.372 e. The van der Waals surface area contributed by atoms with Crippen LogP contribution in [0.5, 0.6) is 0 Å². The van der Waals surface area contributed by atoms with Crippen molar-refractivity contribution in [2.75, 3.05) is 11.9 Å². The highest BCUT2D eigenvalue weighted by Gasteiger charge is 2.06. The summed E-state index contributed by atoms with van der Waals surface area (Å²) in [6, 6.07) is 0. The summed E-state index contributed by atoms with van der Waals surface area (Å²) < 4.78 is 1.90. The smallest absolute Gasteiger partial charge is 0.283 e. The largest absolute Gasteiger partial charge is 0.372 e. The number of nitrogens with zero attached hydrogens (tertiary/aromatic N) is 2. The lowest BCUT2D eigenvalue weighted by Gasteiger charge is -2.07. The van der Waals surface area contributed by atoms with Gasteiger partial charge in [0.15, 0.2) is 0 Å². The van der Waals surface area contributed by atoms with Crippen LogP contribution in [0.25, 0.3) is 0 Å². The number of aromatic nitrogens is 2. The lowest BCUT2D eigenvalue weighted by Crippen LogP contribution is -2.24. The zero-order chi connectivity index (χ0) is 11.3. The van der Waals surface area contributed by atoms with Crippen molar-refractivity contribution in [3.05, 3.63) is 21.0 Å². The van der Waals surface area contributed by atoms with Crippen molar-refractivity contribution in [1.82, 2.24) is 9.78 Å². The Morgan fingerprint density at radius 3 is 3.07 bits per heavy atom. The second kappa shape index (κ2) is 5.56. The molecule has 0 radical (unpaired) electrons. The van der Waals surface area contributed by atoms with Crippen LogP contribution in [0.1, 0.15) is 13.3 Å². The van der Waals surface area contributed by atoms with Gasteiger partial charge in [-0.25, -0.2) is 4.68 Å². The molecule has 1 N–H and O–H groups in total. The van der Waals surface area contributed by atoms with E-state index in [0.29, 0.717) is 23.2 Å². The van der Waals surface area contributed by atoms with Crippen LogP contribution in [0.3, 0.4) is 0 Å². The van der Waals surface area contributed by atoms with E-state index in [4.69, 9.17) is 6.42 Å². The van der Waals surface area contributed by atoms with Crippen LogP contribution in [-0.4, -0.2) is 16.3 Å². The molecule has 0 bridgehead atoms. The fourth-order valence-electron chi connectivity index (χ4n) is 1.11. The molecule has 80 valence electrons. The zero-order valence-electron chi connectivity index (χ0n) is 8.46. The van der Waals surface area contributed by atoms with E-state index in [2.05, 4.69) is 32.3 Å². The molecule has 0 aromatic carbocycles. The summed E-state index contributed by atoms with van der Waals surface area (Å²) in [6.07, 6.45) is 7.58. The van der Waals surface area contributed by atoms with Gasteiger partial charge in [-0.3, -0.25) is 4.79 Å². The van der Waals surface area contributed by atoms with E-state index in [1.165, 1.54) is 4.68 Å². The molecule has 0 unspecified atom stereocenters. The highest BCUT2D eigenvalue weighted by molar-refractivity contribution is 9.10. The normalized spacial score (nSPS) is 9.67. The fraction of sp³-hybridized carbons (Fsp3) is 0.400. The molecule has 1 aromatic heterocycles. The molecule has 1 aromatic rings. The van der Waals surface area contributed by atoms with Crippen LogP contribution in [0, 0.1) is 12.3 Å². The first-order chi connectivity index (χ1) is 7.20. The predicted molar refractivity (Wildman–Crippen MR) is 63.8 cm³/mol. The van der Waals surface area contributed by atoms with E-state index >= 15 is 0 Å². The Morgan fingerprint density at radius 1 is 1.73 bits per heavy atom. The number of terminal acetylenes is 1. The van der Waals surface area contributed by atoms with Crippen LogP contribution in [0.15, 0.2) is 15.5 Å². The summed E-state index contributed by atoms with van der Waals surface area (Å²) in [4.78, 5) is 11.7. The van der Waals surface area contributed by atoms with Crippen molar-refractivity contribution < 1.29 is 0 Å². The predicted octanol–water partition coefficient (Wildman–Crippen LogP) is 1.46. The number of halogens is 1. The van der Waals surface area contributed by atoms with Gasteiger partial charge in [-0.1, -0.05) is 12.8 Å². The third-order valence-corrected chi connectivity index (χ3v) is 2.57. The SMILES string of the molecule is C#CCNc1cnn(CCC)c(=O)c1Br. The van der Waals surface area contributed by atoms with Crippen molar-refractivity contribution in [1.29, 1.82) is 0 Å². The highest BCUT2D eigenvalue weighted by atomic mass is 79.9. The molecule has 0 fully saturated rings. The number of nitrogens with one attached hydrogen (secondary N) is 1. The average molecular weight is 270 g/mol. The van der Waals surface area contributed by atoms with Crippen LogP contribution in [-0.2, 0) is 6.54 Å². The molecule has 0 amide bonds. The molecule has 4 nitrogen and oxygen atoms in total. The number of hydrogen-bond donors (Lipinski definition) is 1. The molecule has 1 rings (SSSR count). The molecule has 5 heteroatoms. The molecule has 0 atom stereocenters. The lowest BCUT2D eigenvalue weighted by atomic mass is 10.4. The van der Waals surface area contributed by atoms with E-state index in [-0.39, 0.29) is 5.56 Å². The van der Waals surface area contributed by atoms with Gasteiger partial charge in [-0.15, -0.1) is 6.42 Å². The molecule has 0 aliphatic heterocycles. The maximum absolute atomic E-state index is 11.7. The van der Waals surface area contributed by atoms with Gasteiger partial charge in [-0.2, -0.15) is 5.10 Å². The van der Waals surface area contributed by atoms with Crippen molar-refractivity contribution in [2.24, 2.45) is 0 Å². The Labute approximate surface area is 96.8 Å². The van der Waals surface area contributed by atoms with Crippen molar-refractivity contribution in [3.63, 3.8) is 0 Å². The van der Waals surface area contributed by atoms with E-state index in [1.807, 2.05) is 6.92 Å². The average Bonchev–Trinajstić information content (AvgIpc) is 2.24. The Balaban J connectivity index is 3.00. The first-order valence-electron chi connectivity index (χ1n) is 4.63. The molecular weight excluding hydrogens is 258 g/mol. The van der Waals surface area contributed by atoms with Gasteiger partial charge in [-0.05, 0) is 22.4 Å². The summed E-state index contributed by atoms with van der Waals surface area (Å²) in [7, 11) is 0. The molecule has 0 aliphatic rings. The Morgan fingerprint density at radius 2 is 2.47 bits per heavy atom. The Bertz CT molecular complexity index is 433. The number of rotatable bonds is 4. The highest BCUT2D eigenvalue weighted by Crippen LogP contribution is 2.15. The van der Waals surface area contributed by atoms with Crippen LogP contribution < -0.4 is 10.9 Å². The lowest BCUT2D eigenvalue weighted by molar-refractivity contribution is 0.566. The number of aryl methyl sites for hydroxylation is 1. The van der Waals surface area contributed by atoms with Gasteiger partial charge in [0, 0.05) is 6.54 Å². The topological polar surface area (TPSA) is 46.9 Å². The van der Waals surface area contributed by atoms with Gasteiger partial charge in [0.1, 0.15) is 4.47 Å². The van der Waals surface area contributed by atoms with Gasteiger partial charge < -0.3 is 5.32 Å². The van der Waals surface area contributed by atoms with Gasteiger partial charge in [0.05, 0.1) is 18.4 Å². The molecule has 0 saturated carbocycles. The van der Waals surface area contributed by atoms with Gasteiger partial charge in [0.25, 0.3) is 5.56 Å². The van der Waals surface area contributed by atoms with Crippen molar-refractivity contribution >= 4 is 21.6 Å². The standard InChI is InChI=1S/C10H12BrN3O/c1-3-5-12-8-7-13-14(6-4-2)10(15)9(8)11/h1,7,12H,4-6H2,2H3. The minimum atomic E-state index is -0.140. The first kappa shape index (κ1) is 11.8. The molecule has 15 heavy (non-hydrogen) atoms. The molecular formula is C10H12BrN3O. The fourth-order valence-corrected chi connectivity index (χ4v) is 1.55. The second-order valence-electron chi connectivity index (χ2n) is 2.96. The monoisotopic (exact) mass is 269 g/mol. The third kappa shape index (κ3) is 2.83. The van der Waals surface area contributed by atoms with Crippen LogP contribution in [0.4, 0.5) is 5.69 Å². The number of anilines is 1.